The molecule has 0 aliphatic heterocycles. The van der Waals surface area contributed by atoms with Crippen LogP contribution in [0.25, 0.3) is 10.4 Å². The molecule has 3 atom stereocenters. The number of carbonyl (C=O) groups excluding carboxylic acids is 1. The van der Waals surface area contributed by atoms with Crippen molar-refractivity contribution in [3.05, 3.63) is 46.3 Å². The third kappa shape index (κ3) is 3.54. The summed E-state index contributed by atoms with van der Waals surface area (Å²) >= 11 is 0. The van der Waals surface area contributed by atoms with E-state index in [-0.39, 0.29) is 25.2 Å². The maximum absolute atomic E-state index is 11.8. The Morgan fingerprint density at radius 1 is 1.42 bits per heavy atom. The number of benzene rings is 1. The van der Waals surface area contributed by atoms with E-state index < -0.39 is 18.2 Å². The highest BCUT2D eigenvalue weighted by molar-refractivity contribution is 5.85. The van der Waals surface area contributed by atoms with E-state index in [9.17, 15) is 9.90 Å². The second kappa shape index (κ2) is 6.33. The standard InChI is InChI=1S/C13H15N3O3/c14-16-15-11-6-10(17)7-12(18)13(11)19-8-9-4-2-1-3-5-9/h1-5,10-11,13,17H,6-8H2/t10-,11-,13+/m1/s1. The van der Waals surface area contributed by atoms with Crippen molar-refractivity contribution in [2.24, 2.45) is 5.11 Å². The summed E-state index contributed by atoms with van der Waals surface area (Å²) in [5.41, 5.74) is 9.45. The molecule has 1 N–H and O–H groups in total. The van der Waals surface area contributed by atoms with Gasteiger partial charge >= 0.3 is 0 Å². The monoisotopic (exact) mass is 261 g/mol. The maximum Gasteiger partial charge on any atom is 0.164 e. The van der Waals surface area contributed by atoms with Crippen LogP contribution in [0.5, 0.6) is 0 Å². The van der Waals surface area contributed by atoms with Crippen molar-refractivity contribution in [1.29, 1.82) is 0 Å². The Morgan fingerprint density at radius 3 is 2.84 bits per heavy atom. The van der Waals surface area contributed by atoms with Crippen LogP contribution in [0, 0.1) is 0 Å². The Hall–Kier alpha value is -1.88. The number of azide groups is 1. The predicted molar refractivity (Wildman–Crippen MR) is 68.2 cm³/mol. The lowest BCUT2D eigenvalue weighted by Crippen LogP contribution is -2.44. The van der Waals surface area contributed by atoms with Gasteiger partial charge in [0.15, 0.2) is 5.78 Å². The minimum atomic E-state index is -0.764. The van der Waals surface area contributed by atoms with Crippen molar-refractivity contribution in [1.82, 2.24) is 0 Å². The van der Waals surface area contributed by atoms with Gasteiger partial charge in [-0.1, -0.05) is 35.4 Å². The Labute approximate surface area is 110 Å². The lowest BCUT2D eigenvalue weighted by Gasteiger charge is -2.29. The number of hydrogen-bond donors (Lipinski definition) is 1. The van der Waals surface area contributed by atoms with E-state index >= 15 is 0 Å². The van der Waals surface area contributed by atoms with Gasteiger partial charge in [-0.05, 0) is 17.5 Å². The number of aliphatic hydroxyl groups excluding tert-OH is 1. The molecule has 1 aliphatic rings. The summed E-state index contributed by atoms with van der Waals surface area (Å²) in [5, 5.41) is 13.1. The molecule has 0 unspecified atom stereocenters. The summed E-state index contributed by atoms with van der Waals surface area (Å²) in [6.07, 6.45) is -1.20. The molecule has 0 radical (unpaired) electrons. The molecule has 1 aromatic rings. The number of nitrogens with zero attached hydrogens (tertiary/aromatic N) is 3. The minimum absolute atomic E-state index is 0.0525. The molecule has 1 fully saturated rings. The zero-order chi connectivity index (χ0) is 13.7. The van der Waals surface area contributed by atoms with Crippen LogP contribution in [0.4, 0.5) is 0 Å². The second-order valence-electron chi connectivity index (χ2n) is 4.55. The molecule has 0 spiro atoms. The van der Waals surface area contributed by atoms with Gasteiger partial charge in [-0.15, -0.1) is 0 Å². The van der Waals surface area contributed by atoms with Gasteiger partial charge in [0.25, 0.3) is 0 Å². The first-order valence-corrected chi connectivity index (χ1v) is 6.11. The number of ketones is 1. The van der Waals surface area contributed by atoms with E-state index in [4.69, 9.17) is 10.3 Å². The predicted octanol–water partition coefficient (Wildman–Crippen LogP) is 1.97. The summed E-state index contributed by atoms with van der Waals surface area (Å²) < 4.78 is 5.57. The zero-order valence-electron chi connectivity index (χ0n) is 10.3. The molecule has 1 aliphatic carbocycles. The molecule has 0 saturated heterocycles. The molecule has 1 saturated carbocycles. The first kappa shape index (κ1) is 13.5. The number of hydrogen-bond acceptors (Lipinski definition) is 4. The molecule has 0 bridgehead atoms. The summed E-state index contributed by atoms with van der Waals surface area (Å²) in [6.45, 7) is 0.283. The van der Waals surface area contributed by atoms with Gasteiger partial charge < -0.3 is 9.84 Å². The van der Waals surface area contributed by atoms with Crippen molar-refractivity contribution >= 4 is 5.78 Å². The third-order valence-electron chi connectivity index (χ3n) is 3.09. The molecule has 6 nitrogen and oxygen atoms in total. The van der Waals surface area contributed by atoms with Crippen molar-refractivity contribution in [3.8, 4) is 0 Å². The van der Waals surface area contributed by atoms with Crippen LogP contribution in [0.3, 0.4) is 0 Å². The van der Waals surface area contributed by atoms with Crippen LogP contribution < -0.4 is 0 Å². The Morgan fingerprint density at radius 2 is 2.16 bits per heavy atom. The quantitative estimate of drug-likeness (QED) is 0.510. The molecule has 100 valence electrons. The van der Waals surface area contributed by atoms with Crippen LogP contribution in [0.2, 0.25) is 0 Å². The fraction of sp³-hybridized carbons (Fsp3) is 0.462. The minimum Gasteiger partial charge on any atom is -0.393 e. The highest BCUT2D eigenvalue weighted by atomic mass is 16.5. The molecule has 6 heteroatoms. The van der Waals surface area contributed by atoms with E-state index in [0.29, 0.717) is 0 Å². The van der Waals surface area contributed by atoms with Gasteiger partial charge in [0, 0.05) is 11.3 Å². The summed E-state index contributed by atoms with van der Waals surface area (Å²) in [5.74, 6) is -0.216. The lowest BCUT2D eigenvalue weighted by molar-refractivity contribution is -0.139. The van der Waals surface area contributed by atoms with E-state index in [1.807, 2.05) is 30.3 Å². The van der Waals surface area contributed by atoms with Crippen LogP contribution in [0.1, 0.15) is 18.4 Å². The first-order valence-electron chi connectivity index (χ1n) is 6.11. The van der Waals surface area contributed by atoms with Gasteiger partial charge in [0.2, 0.25) is 0 Å². The fourth-order valence-electron chi connectivity index (χ4n) is 2.19. The average molecular weight is 261 g/mol. The molecule has 0 heterocycles. The maximum atomic E-state index is 11.8. The molecular weight excluding hydrogens is 246 g/mol. The molecule has 2 rings (SSSR count). The van der Waals surface area contributed by atoms with Crippen molar-refractivity contribution in [2.75, 3.05) is 0 Å². The van der Waals surface area contributed by atoms with Crippen LogP contribution >= 0.6 is 0 Å². The van der Waals surface area contributed by atoms with Gasteiger partial charge in [-0.3, -0.25) is 4.79 Å². The van der Waals surface area contributed by atoms with Gasteiger partial charge in [0.05, 0.1) is 18.8 Å². The van der Waals surface area contributed by atoms with Crippen molar-refractivity contribution in [3.63, 3.8) is 0 Å². The zero-order valence-corrected chi connectivity index (χ0v) is 10.3. The first-order chi connectivity index (χ1) is 9.20. The summed E-state index contributed by atoms with van der Waals surface area (Å²) in [4.78, 5) is 14.6. The van der Waals surface area contributed by atoms with E-state index in [1.54, 1.807) is 0 Å². The summed E-state index contributed by atoms with van der Waals surface area (Å²) in [6, 6.07) is 8.82. The fourth-order valence-corrected chi connectivity index (χ4v) is 2.19. The van der Waals surface area contributed by atoms with Gasteiger partial charge in [-0.2, -0.15) is 0 Å². The van der Waals surface area contributed by atoms with E-state index in [1.165, 1.54) is 0 Å². The summed E-state index contributed by atoms with van der Waals surface area (Å²) in [7, 11) is 0. The van der Waals surface area contributed by atoms with Crippen LogP contribution in [-0.4, -0.2) is 29.1 Å². The number of Topliss-reactive ketones (excluding diaryl/α,β-unsaturated/α-hetero) is 1. The molecule has 0 amide bonds. The number of ether oxygens (including phenoxy) is 1. The molecule has 1 aromatic carbocycles. The number of carbonyl (C=O) groups is 1. The molecule has 0 aromatic heterocycles. The molecule has 19 heavy (non-hydrogen) atoms. The average Bonchev–Trinajstić information content (AvgIpc) is 2.39. The highest BCUT2D eigenvalue weighted by Crippen LogP contribution is 2.23. The smallest absolute Gasteiger partial charge is 0.164 e. The Kier molecular flexibility index (Phi) is 4.52. The normalized spacial score (nSPS) is 26.8. The third-order valence-corrected chi connectivity index (χ3v) is 3.09. The van der Waals surface area contributed by atoms with Gasteiger partial charge in [-0.25, -0.2) is 0 Å². The van der Waals surface area contributed by atoms with Crippen molar-refractivity contribution < 1.29 is 14.6 Å². The Balaban J connectivity index is 2.03. The van der Waals surface area contributed by atoms with E-state index in [2.05, 4.69) is 10.0 Å². The topological polar surface area (TPSA) is 95.3 Å². The second-order valence-corrected chi connectivity index (χ2v) is 4.55. The number of aliphatic hydroxyl groups is 1. The lowest BCUT2D eigenvalue weighted by atomic mass is 9.89. The SMILES string of the molecule is [N-]=[N+]=N[C@@H]1C[C@@H](O)CC(=O)[C@H]1OCc1ccccc1. The van der Waals surface area contributed by atoms with Crippen LogP contribution in [0.15, 0.2) is 35.4 Å². The number of rotatable bonds is 4. The van der Waals surface area contributed by atoms with Crippen LogP contribution in [-0.2, 0) is 16.1 Å². The molecular formula is C13H15N3O3. The Bertz CT molecular complexity index is 485. The van der Waals surface area contributed by atoms with Crippen molar-refractivity contribution in [2.45, 2.75) is 37.7 Å². The van der Waals surface area contributed by atoms with Gasteiger partial charge in [0.1, 0.15) is 6.10 Å². The largest absolute Gasteiger partial charge is 0.393 e. The van der Waals surface area contributed by atoms with E-state index in [0.717, 1.165) is 5.56 Å². The highest BCUT2D eigenvalue weighted by Gasteiger charge is 2.36.